The van der Waals surface area contributed by atoms with Gasteiger partial charge in [0.2, 0.25) is 11.4 Å². The van der Waals surface area contributed by atoms with Gasteiger partial charge in [0.15, 0.2) is 0 Å². The Bertz CT molecular complexity index is 1720. The minimum atomic E-state index is -1.18. The molecule has 1 aliphatic rings. The highest BCUT2D eigenvalue weighted by atomic mass is 79.9. The molecule has 0 radical (unpaired) electrons. The Morgan fingerprint density at radius 1 is 1.17 bits per heavy atom. The lowest BCUT2D eigenvalue weighted by Crippen LogP contribution is -2.37. The number of nitrogen functional groups attached to an aromatic ring is 1. The number of carbonyl (C=O) groups is 1. The second-order valence-electron chi connectivity index (χ2n) is 7.70. The molecule has 0 unspecified atom stereocenters. The van der Waals surface area contributed by atoms with Crippen LogP contribution in [-0.4, -0.2) is 22.1 Å². The van der Waals surface area contributed by atoms with Crippen molar-refractivity contribution in [3.8, 4) is 5.88 Å². The molecule has 1 aliphatic heterocycles. The molecule has 1 atom stereocenters. The maximum Gasteiger partial charge on any atom is 0.362 e. The molecule has 0 saturated heterocycles. The maximum absolute atomic E-state index is 15.1. The average Bonchev–Trinajstić information content (AvgIpc) is 3.36. The van der Waals surface area contributed by atoms with Crippen molar-refractivity contribution in [3.05, 3.63) is 95.1 Å². The minimum absolute atomic E-state index is 0.00297. The van der Waals surface area contributed by atoms with Gasteiger partial charge in [-0.3, -0.25) is 0 Å². The summed E-state index contributed by atoms with van der Waals surface area (Å²) in [5.74, 6) is -3.38. The molecule has 0 bridgehead atoms. The number of rotatable bonds is 4. The van der Waals surface area contributed by atoms with Crippen LogP contribution in [0.3, 0.4) is 0 Å². The number of esters is 1. The van der Waals surface area contributed by atoms with Crippen molar-refractivity contribution in [2.75, 3.05) is 12.3 Å². The summed E-state index contributed by atoms with van der Waals surface area (Å²) >= 11 is 6.58. The van der Waals surface area contributed by atoms with Crippen molar-refractivity contribution in [2.24, 2.45) is 0 Å². The van der Waals surface area contributed by atoms with Gasteiger partial charge in [-0.2, -0.15) is 4.98 Å². The number of hydrogen-bond donors (Lipinski definition) is 1. The lowest BCUT2D eigenvalue weighted by Gasteiger charge is -2.22. The largest absolute Gasteiger partial charge is 0.462 e. The number of fused-ring (bicyclic) bond motifs is 3. The summed E-state index contributed by atoms with van der Waals surface area (Å²) in [4.78, 5) is 30.4. The normalized spacial score (nSPS) is 15.1. The van der Waals surface area contributed by atoms with Crippen LogP contribution >= 0.6 is 31.9 Å². The quantitative estimate of drug-likeness (QED) is 0.347. The molecular weight excluding hydrogens is 608 g/mol. The molecule has 0 aliphatic carbocycles. The Morgan fingerprint density at radius 3 is 2.58 bits per heavy atom. The fourth-order valence-corrected chi connectivity index (χ4v) is 4.82. The van der Waals surface area contributed by atoms with E-state index in [0.717, 1.165) is 0 Å². The van der Waals surface area contributed by atoms with E-state index in [1.54, 1.807) is 6.92 Å². The van der Waals surface area contributed by atoms with E-state index in [4.69, 9.17) is 19.3 Å². The van der Waals surface area contributed by atoms with Gasteiger partial charge >= 0.3 is 11.6 Å². The molecule has 0 spiro atoms. The summed E-state index contributed by atoms with van der Waals surface area (Å²) in [5.41, 5.74) is 4.64. The van der Waals surface area contributed by atoms with Crippen molar-refractivity contribution in [3.63, 3.8) is 0 Å². The van der Waals surface area contributed by atoms with E-state index in [-0.39, 0.29) is 51.8 Å². The number of ether oxygens (including phenoxy) is 1. The predicted molar refractivity (Wildman–Crippen MR) is 132 cm³/mol. The van der Waals surface area contributed by atoms with E-state index in [1.807, 2.05) is 0 Å². The zero-order valence-corrected chi connectivity index (χ0v) is 21.5. The average molecular weight is 623 g/mol. The van der Waals surface area contributed by atoms with Crippen LogP contribution in [0.5, 0.6) is 0 Å². The molecule has 36 heavy (non-hydrogen) atoms. The van der Waals surface area contributed by atoms with Gasteiger partial charge < -0.3 is 19.3 Å². The smallest absolute Gasteiger partial charge is 0.362 e. The highest BCUT2D eigenvalue weighted by Crippen LogP contribution is 2.40. The summed E-state index contributed by atoms with van der Waals surface area (Å²) in [6, 6.07) is 8.06. The fourth-order valence-electron chi connectivity index (χ4n) is 4.06. The first-order chi connectivity index (χ1) is 17.2. The number of carbonyl (C=O) groups excluding carboxylic acids is 1. The molecule has 2 aromatic carbocycles. The van der Waals surface area contributed by atoms with Gasteiger partial charge in [-0.05, 0) is 49.4 Å². The fraction of sp³-hybridized carbons (Fsp3) is 0.125. The van der Waals surface area contributed by atoms with Gasteiger partial charge in [0.25, 0.3) is 6.01 Å². The molecule has 4 aromatic rings. The maximum atomic E-state index is 15.1. The van der Waals surface area contributed by atoms with E-state index in [2.05, 4.69) is 36.8 Å². The number of benzene rings is 2. The van der Waals surface area contributed by atoms with Gasteiger partial charge in [0, 0.05) is 20.1 Å². The van der Waals surface area contributed by atoms with Crippen molar-refractivity contribution >= 4 is 55.5 Å². The van der Waals surface area contributed by atoms with Crippen molar-refractivity contribution in [1.29, 1.82) is 0 Å². The zero-order valence-electron chi connectivity index (χ0n) is 18.4. The van der Waals surface area contributed by atoms with Gasteiger partial charge in [-0.25, -0.2) is 22.9 Å². The van der Waals surface area contributed by atoms with E-state index in [0.29, 0.717) is 8.95 Å². The second-order valence-corrected chi connectivity index (χ2v) is 9.53. The molecule has 3 heterocycles. The van der Waals surface area contributed by atoms with E-state index in [9.17, 15) is 14.0 Å². The molecule has 12 heteroatoms. The highest BCUT2D eigenvalue weighted by Gasteiger charge is 2.41. The first-order valence-corrected chi connectivity index (χ1v) is 12.1. The predicted octanol–water partition coefficient (Wildman–Crippen LogP) is 3.49. The van der Waals surface area contributed by atoms with Crippen LogP contribution in [0, 0.1) is 11.6 Å². The number of oxazole rings is 2. The summed E-state index contributed by atoms with van der Waals surface area (Å²) < 4.78 is 48.2. The molecule has 0 amide bonds. The Balaban J connectivity index is 1.94. The van der Waals surface area contributed by atoms with Gasteiger partial charge in [0.05, 0.1) is 12.5 Å². The number of nitrogens with two attached hydrogens (primary N) is 1. The number of hydrogen-bond acceptors (Lipinski definition) is 7. The number of nitrogens with zero attached hydrogens (tertiary/aromatic N) is 2. The second kappa shape index (κ2) is 9.17. The first-order valence-electron chi connectivity index (χ1n) is 10.5. The van der Waals surface area contributed by atoms with E-state index < -0.39 is 29.1 Å². The van der Waals surface area contributed by atoms with Crippen LogP contribution in [0.4, 0.5) is 14.8 Å². The first kappa shape index (κ1) is 24.2. The summed E-state index contributed by atoms with van der Waals surface area (Å²) in [6.07, 6.45) is 1.24. The summed E-state index contributed by atoms with van der Waals surface area (Å²) in [5, 5.41) is -0.172. The number of aromatic nitrogens is 2. The Hall–Kier alpha value is -3.51. The van der Waals surface area contributed by atoms with Gasteiger partial charge in [-0.15, -0.1) is 0 Å². The zero-order chi connectivity index (χ0) is 25.7. The number of halogens is 4. The van der Waals surface area contributed by atoms with Gasteiger partial charge in [0.1, 0.15) is 28.3 Å². The van der Waals surface area contributed by atoms with Crippen LogP contribution in [0.1, 0.15) is 29.7 Å². The van der Waals surface area contributed by atoms with Gasteiger partial charge in [-0.1, -0.05) is 31.9 Å². The third-order valence-electron chi connectivity index (χ3n) is 5.50. The third-order valence-corrected chi connectivity index (χ3v) is 6.49. The van der Waals surface area contributed by atoms with Crippen molar-refractivity contribution < 1.29 is 27.1 Å². The standard InChI is InChI=1S/C24H15Br2F2N3O5/c1-2-34-23(33)18-17(13-9-12(26)4-6-15(13)28)19-21(36-24(29)30-19)31-16(22(32)35-20(18)31)8-10-7-11(25)3-5-14(10)27/h3-9,17H,2H2,1H3,(H2,29,30)/b16-8+/t17-/m0/s1. The topological polar surface area (TPSA) is 113 Å². The summed E-state index contributed by atoms with van der Waals surface area (Å²) in [6.45, 7) is 1.59. The molecule has 2 aromatic heterocycles. The molecule has 8 nitrogen and oxygen atoms in total. The molecule has 0 fully saturated rings. The van der Waals surface area contributed by atoms with E-state index >= 15 is 4.39 Å². The SMILES string of the molecule is CCOC(=O)C1=c2oc(=O)/c(=C\c3cc(Br)ccc3F)n2-c2oc(N)nc2[C@H]1c1cc(Br)ccc1F. The Morgan fingerprint density at radius 2 is 1.86 bits per heavy atom. The molecule has 2 N–H and O–H groups in total. The van der Waals surface area contributed by atoms with Crippen LogP contribution in [0.25, 0.3) is 17.5 Å². The van der Waals surface area contributed by atoms with Crippen molar-refractivity contribution in [1.82, 2.24) is 9.55 Å². The Kier molecular flexibility index (Phi) is 6.17. The molecular formula is C24H15Br2F2N3O5. The van der Waals surface area contributed by atoms with E-state index in [1.165, 1.54) is 47.0 Å². The summed E-state index contributed by atoms with van der Waals surface area (Å²) in [7, 11) is 0. The highest BCUT2D eigenvalue weighted by molar-refractivity contribution is 9.10. The Labute approximate surface area is 217 Å². The number of anilines is 1. The van der Waals surface area contributed by atoms with Crippen molar-refractivity contribution in [2.45, 2.75) is 12.8 Å². The van der Waals surface area contributed by atoms with Crippen LogP contribution in [-0.2, 0) is 9.53 Å². The minimum Gasteiger partial charge on any atom is -0.462 e. The van der Waals surface area contributed by atoms with Crippen LogP contribution in [0.15, 0.2) is 59.0 Å². The lowest BCUT2D eigenvalue weighted by atomic mass is 9.86. The van der Waals surface area contributed by atoms with Crippen LogP contribution in [0.2, 0.25) is 0 Å². The molecule has 184 valence electrons. The van der Waals surface area contributed by atoms with Crippen LogP contribution < -0.4 is 22.3 Å². The lowest BCUT2D eigenvalue weighted by molar-refractivity contribution is -0.136. The monoisotopic (exact) mass is 621 g/mol. The third kappa shape index (κ3) is 3.99. The molecule has 0 saturated carbocycles. The molecule has 5 rings (SSSR count).